The van der Waals surface area contributed by atoms with Crippen molar-refractivity contribution in [2.45, 2.75) is 215 Å². The van der Waals surface area contributed by atoms with E-state index in [0.717, 1.165) is 6.42 Å². The van der Waals surface area contributed by atoms with Gasteiger partial charge in [0.2, 0.25) is 0 Å². The van der Waals surface area contributed by atoms with Crippen molar-refractivity contribution in [3.63, 3.8) is 0 Å². The fourth-order valence-corrected chi connectivity index (χ4v) is 12.1. The average Bonchev–Trinajstić information content (AvgIpc) is 3.19. The minimum Gasteiger partial charge on any atom is -0.413 e. The summed E-state index contributed by atoms with van der Waals surface area (Å²) < 4.78 is 21.4. The fourth-order valence-electron chi connectivity index (χ4n) is 7.75. The van der Waals surface area contributed by atoms with Crippen LogP contribution < -0.4 is 5.73 Å². The molecule has 0 aliphatic carbocycles. The number of carbonyl (C=O) groups is 2. The van der Waals surface area contributed by atoms with Crippen LogP contribution in [-0.2, 0) is 37.5 Å². The second kappa shape index (κ2) is 27.3. The van der Waals surface area contributed by atoms with E-state index in [2.05, 4.69) is 162 Å². The second-order valence-electron chi connectivity index (χ2n) is 24.3. The normalized spacial score (nSPS) is 19.5. The number of aliphatic hydroxyl groups is 1. The van der Waals surface area contributed by atoms with Gasteiger partial charge < -0.3 is 24.1 Å². The lowest BCUT2D eigenvalue weighted by Crippen LogP contribution is -2.51. The molecule has 0 aliphatic rings. The lowest BCUT2D eigenvalue weighted by molar-refractivity contribution is -0.342. The standard InChI is InChI=1S/C53H104N2O9Si3/c1-27-28-29-37(3)47(61-60-35-54)42(8)48(63-66(23,24)52(13,14)15)40(6)33-36(2)32-39(5)46(62-65(21,22)51(10,11)12)38(4)30-31-44(56)34-45(57)41(7)49(43(9)50(58)55(19)59-20)64-67(25,26)53(16,17)18/h27-32,37-44,46-49,56H,1,33-35,54H2,2-26H3/t37?,38-,39?,40-,41?,42+,43?,44+,46?,47-,48+,49?/m0/s1. The van der Waals surface area contributed by atoms with E-state index >= 15 is 0 Å². The van der Waals surface area contributed by atoms with Crippen LogP contribution in [0.3, 0.4) is 0 Å². The molecule has 0 aromatic rings. The number of amides is 1. The molecule has 0 bridgehead atoms. The van der Waals surface area contributed by atoms with Crippen LogP contribution in [0.4, 0.5) is 0 Å². The van der Waals surface area contributed by atoms with E-state index in [0.29, 0.717) is 0 Å². The van der Waals surface area contributed by atoms with Crippen LogP contribution >= 0.6 is 0 Å². The van der Waals surface area contributed by atoms with E-state index in [1.807, 2.05) is 19.1 Å². The molecule has 0 spiro atoms. The van der Waals surface area contributed by atoms with Crippen LogP contribution in [-0.4, -0.2) is 98.2 Å². The Hall–Kier alpha value is -1.57. The lowest BCUT2D eigenvalue weighted by atomic mass is 9.81. The lowest BCUT2D eigenvalue weighted by Gasteiger charge is -2.44. The molecule has 0 fully saturated rings. The molecule has 0 saturated carbocycles. The van der Waals surface area contributed by atoms with Gasteiger partial charge in [0.1, 0.15) is 18.6 Å². The number of ketones is 1. The molecule has 392 valence electrons. The number of rotatable bonds is 29. The summed E-state index contributed by atoms with van der Waals surface area (Å²) in [6.07, 6.45) is 10.2. The molecule has 0 aliphatic heterocycles. The first-order valence-electron chi connectivity index (χ1n) is 24.9. The monoisotopic (exact) mass is 997 g/mol. The van der Waals surface area contributed by atoms with Crippen molar-refractivity contribution in [1.29, 1.82) is 0 Å². The number of aliphatic hydroxyl groups excluding tert-OH is 1. The van der Waals surface area contributed by atoms with E-state index in [9.17, 15) is 14.7 Å². The first kappa shape index (κ1) is 65.4. The van der Waals surface area contributed by atoms with E-state index in [-0.39, 0.29) is 87.9 Å². The van der Waals surface area contributed by atoms with Crippen LogP contribution in [0.2, 0.25) is 54.4 Å². The van der Waals surface area contributed by atoms with Gasteiger partial charge in [-0.25, -0.2) is 14.8 Å². The van der Waals surface area contributed by atoms with Gasteiger partial charge in [0, 0.05) is 31.2 Å². The summed E-state index contributed by atoms with van der Waals surface area (Å²) in [6.45, 7) is 53.9. The van der Waals surface area contributed by atoms with Gasteiger partial charge in [-0.1, -0.05) is 159 Å². The van der Waals surface area contributed by atoms with Crippen LogP contribution in [0.5, 0.6) is 0 Å². The summed E-state index contributed by atoms with van der Waals surface area (Å²) in [7, 11) is -3.89. The smallest absolute Gasteiger partial charge is 0.251 e. The Kier molecular flexibility index (Phi) is 26.7. The van der Waals surface area contributed by atoms with Crippen molar-refractivity contribution in [2.24, 2.45) is 47.2 Å². The van der Waals surface area contributed by atoms with Crippen LogP contribution in [0, 0.1) is 41.4 Å². The molecule has 0 aromatic heterocycles. The molecule has 67 heavy (non-hydrogen) atoms. The van der Waals surface area contributed by atoms with Crippen molar-refractivity contribution in [1.82, 2.24) is 5.06 Å². The number of nitrogens with zero attached hydrogens (tertiary/aromatic N) is 1. The van der Waals surface area contributed by atoms with Gasteiger partial charge in [-0.05, 0) is 85.5 Å². The summed E-state index contributed by atoms with van der Waals surface area (Å²) >= 11 is 0. The molecule has 12 atom stereocenters. The summed E-state index contributed by atoms with van der Waals surface area (Å²) in [5.41, 5.74) is 6.99. The molecular formula is C53H104N2O9Si3. The van der Waals surface area contributed by atoms with Crippen molar-refractivity contribution in [3.8, 4) is 0 Å². The number of Topliss-reactive ketones (excluding diaryl/α,β-unsaturated/α-hetero) is 1. The summed E-state index contributed by atoms with van der Waals surface area (Å²) in [5.74, 6) is -1.69. The largest absolute Gasteiger partial charge is 0.413 e. The Morgan fingerprint density at radius 2 is 1.12 bits per heavy atom. The molecule has 6 unspecified atom stereocenters. The molecule has 3 N–H and O–H groups in total. The van der Waals surface area contributed by atoms with Crippen molar-refractivity contribution in [3.05, 3.63) is 48.6 Å². The highest BCUT2D eigenvalue weighted by atomic mass is 28.4. The molecule has 1 amide bonds. The number of carbonyl (C=O) groups excluding carboxylic acids is 2. The Morgan fingerprint density at radius 3 is 1.55 bits per heavy atom. The molecule has 0 saturated heterocycles. The molecule has 11 nitrogen and oxygen atoms in total. The quantitative estimate of drug-likeness (QED) is 0.0186. The van der Waals surface area contributed by atoms with Crippen molar-refractivity contribution in [2.75, 3.05) is 20.9 Å². The Labute approximate surface area is 414 Å². The topological polar surface area (TPSA) is 139 Å². The van der Waals surface area contributed by atoms with Crippen molar-refractivity contribution >= 4 is 36.6 Å². The fraction of sp³-hybridized carbons (Fsp3) is 0.811. The SMILES string of the molecule is C=CC=CC(C)[C@H](OOCN)[C@@H](C)[C@H](O[Si](C)(C)C(C)(C)C)[C@@H](C)CC(C)=CC(C)C(O[Si](C)(C)C(C)(C)C)[C@@H](C)C=C[C@@H](O)CC(=O)C(C)C(O[Si](C)(C)C(C)(C)C)C(C)C(=O)N(C)OC. The first-order chi connectivity index (χ1) is 30.2. The first-order valence-corrected chi connectivity index (χ1v) is 33.7. The van der Waals surface area contributed by atoms with Gasteiger partial charge in [0.15, 0.2) is 25.0 Å². The number of allylic oxidation sites excluding steroid dienone is 3. The van der Waals surface area contributed by atoms with Gasteiger partial charge in [0.05, 0.1) is 37.4 Å². The maximum atomic E-state index is 14.0. The van der Waals surface area contributed by atoms with Crippen molar-refractivity contribution < 1.29 is 42.6 Å². The maximum absolute atomic E-state index is 14.0. The highest BCUT2D eigenvalue weighted by molar-refractivity contribution is 6.75. The zero-order chi connectivity index (χ0) is 52.8. The molecule has 0 heterocycles. The second-order valence-corrected chi connectivity index (χ2v) is 38.6. The van der Waals surface area contributed by atoms with Gasteiger partial charge in [-0.2, -0.15) is 0 Å². The molecule has 0 rings (SSSR count). The predicted octanol–water partition coefficient (Wildman–Crippen LogP) is 12.8. The van der Waals surface area contributed by atoms with Gasteiger partial charge in [-0.15, -0.1) is 0 Å². The molecule has 0 aromatic carbocycles. The number of hydrogen-bond donors (Lipinski definition) is 2. The van der Waals surface area contributed by atoms with Crippen LogP contribution in [0.25, 0.3) is 0 Å². The van der Waals surface area contributed by atoms with E-state index in [1.165, 1.54) is 17.7 Å². The minimum atomic E-state index is -2.40. The third-order valence-electron chi connectivity index (χ3n) is 15.4. The molecule has 0 radical (unpaired) electrons. The summed E-state index contributed by atoms with van der Waals surface area (Å²) in [4.78, 5) is 44.0. The average molecular weight is 998 g/mol. The molecular weight excluding hydrogens is 893 g/mol. The summed E-state index contributed by atoms with van der Waals surface area (Å²) in [5, 5.41) is 12.4. The van der Waals surface area contributed by atoms with Crippen LogP contribution in [0.15, 0.2) is 48.6 Å². The van der Waals surface area contributed by atoms with E-state index < -0.39 is 49.0 Å². The highest BCUT2D eigenvalue weighted by Crippen LogP contribution is 2.43. The van der Waals surface area contributed by atoms with Gasteiger partial charge >= 0.3 is 0 Å². The van der Waals surface area contributed by atoms with Crippen LogP contribution in [0.1, 0.15) is 131 Å². The van der Waals surface area contributed by atoms with E-state index in [1.54, 1.807) is 26.1 Å². The summed E-state index contributed by atoms with van der Waals surface area (Å²) in [6, 6.07) is 0. The van der Waals surface area contributed by atoms with Gasteiger partial charge in [-0.3, -0.25) is 14.4 Å². The Bertz CT molecular complexity index is 1610. The zero-order valence-electron chi connectivity index (χ0n) is 47.5. The zero-order valence-corrected chi connectivity index (χ0v) is 50.5. The van der Waals surface area contributed by atoms with Gasteiger partial charge in [0.25, 0.3) is 5.91 Å². The number of nitrogens with two attached hydrogens (primary N) is 1. The third-order valence-corrected chi connectivity index (χ3v) is 28.8. The number of hydroxylamine groups is 2. The Balaban J connectivity index is 6.92. The highest BCUT2D eigenvalue weighted by Gasteiger charge is 2.46. The number of hydrogen-bond acceptors (Lipinski definition) is 10. The third kappa shape index (κ3) is 20.2. The maximum Gasteiger partial charge on any atom is 0.251 e. The molecule has 14 heteroatoms. The van der Waals surface area contributed by atoms with E-state index in [4.69, 9.17) is 33.6 Å². The Morgan fingerprint density at radius 1 is 0.672 bits per heavy atom. The minimum absolute atomic E-state index is 0.00153. The predicted molar refractivity (Wildman–Crippen MR) is 288 cm³/mol.